The summed E-state index contributed by atoms with van der Waals surface area (Å²) in [6, 6.07) is 0. The number of hydrogen-bond donors (Lipinski definition) is 1. The molecular weight excluding hydrogens is 276 g/mol. The van der Waals surface area contributed by atoms with Crippen molar-refractivity contribution in [1.29, 1.82) is 0 Å². The van der Waals surface area contributed by atoms with E-state index in [1.54, 1.807) is 0 Å². The molecule has 0 spiro atoms. The molecule has 3 heteroatoms. The number of ether oxygens (including phenoxy) is 1. The number of rotatable bonds is 1. The molecule has 120 valence electrons. The molecule has 1 aliphatic heterocycles. The summed E-state index contributed by atoms with van der Waals surface area (Å²) in [6.07, 6.45) is 5.50. The van der Waals surface area contributed by atoms with E-state index in [1.165, 1.54) is 0 Å². The number of Topliss-reactive ketones (excluding diaryl/α,β-unsaturated/α-hetero) is 1. The summed E-state index contributed by atoms with van der Waals surface area (Å²) in [6.45, 7) is 7.99. The van der Waals surface area contributed by atoms with Gasteiger partial charge in [-0.15, -0.1) is 0 Å². The Bertz CT molecular complexity index is 632. The minimum absolute atomic E-state index is 0.0169. The SMILES string of the molecule is Cc1c(C)c2c(c(C)c1O)CCC(C)(C1CCCCC1=O)O2. The molecule has 3 rings (SSSR count). The summed E-state index contributed by atoms with van der Waals surface area (Å²) in [5.41, 5.74) is 3.53. The summed E-state index contributed by atoms with van der Waals surface area (Å²) in [5, 5.41) is 10.3. The Morgan fingerprint density at radius 1 is 1.09 bits per heavy atom. The van der Waals surface area contributed by atoms with Crippen LogP contribution in [0.15, 0.2) is 0 Å². The van der Waals surface area contributed by atoms with Gasteiger partial charge in [0.05, 0.1) is 5.92 Å². The van der Waals surface area contributed by atoms with Gasteiger partial charge in [0.25, 0.3) is 0 Å². The molecule has 0 amide bonds. The first-order valence-electron chi connectivity index (χ1n) is 8.38. The van der Waals surface area contributed by atoms with Crippen molar-refractivity contribution in [3.8, 4) is 11.5 Å². The van der Waals surface area contributed by atoms with Crippen molar-refractivity contribution in [3.63, 3.8) is 0 Å². The molecule has 1 aromatic rings. The van der Waals surface area contributed by atoms with E-state index in [-0.39, 0.29) is 5.92 Å². The number of benzene rings is 1. The van der Waals surface area contributed by atoms with Gasteiger partial charge in [-0.2, -0.15) is 0 Å². The van der Waals surface area contributed by atoms with Crippen molar-refractivity contribution in [2.24, 2.45) is 5.92 Å². The Kier molecular flexibility index (Phi) is 3.70. The van der Waals surface area contributed by atoms with E-state index in [0.717, 1.165) is 60.1 Å². The molecule has 22 heavy (non-hydrogen) atoms. The molecule has 0 bridgehead atoms. The average Bonchev–Trinajstić information content (AvgIpc) is 2.51. The van der Waals surface area contributed by atoms with E-state index in [1.807, 2.05) is 20.8 Å². The molecule has 0 radical (unpaired) electrons. The second-order valence-corrected chi connectivity index (χ2v) is 7.21. The van der Waals surface area contributed by atoms with E-state index >= 15 is 0 Å². The minimum atomic E-state index is -0.398. The predicted octanol–water partition coefficient (Wildman–Crippen LogP) is 4.16. The molecule has 0 saturated heterocycles. The van der Waals surface area contributed by atoms with Gasteiger partial charge in [-0.1, -0.05) is 6.42 Å². The highest BCUT2D eigenvalue weighted by atomic mass is 16.5. The zero-order valence-electron chi connectivity index (χ0n) is 14.1. The maximum Gasteiger partial charge on any atom is 0.139 e. The van der Waals surface area contributed by atoms with Crippen LogP contribution in [-0.2, 0) is 11.2 Å². The first-order chi connectivity index (χ1) is 10.3. The number of aromatic hydroxyl groups is 1. The Morgan fingerprint density at radius 3 is 2.50 bits per heavy atom. The maximum atomic E-state index is 12.4. The highest BCUT2D eigenvalue weighted by molar-refractivity contribution is 5.83. The van der Waals surface area contributed by atoms with Crippen LogP contribution in [0.2, 0.25) is 0 Å². The lowest BCUT2D eigenvalue weighted by molar-refractivity contribution is -0.133. The van der Waals surface area contributed by atoms with E-state index < -0.39 is 5.60 Å². The largest absolute Gasteiger partial charge is 0.507 e. The van der Waals surface area contributed by atoms with Crippen LogP contribution in [0.25, 0.3) is 0 Å². The van der Waals surface area contributed by atoms with Crippen LogP contribution in [0.4, 0.5) is 0 Å². The fourth-order valence-corrected chi connectivity index (χ4v) is 4.14. The molecule has 1 heterocycles. The number of hydrogen-bond acceptors (Lipinski definition) is 3. The zero-order chi connectivity index (χ0) is 16.1. The zero-order valence-corrected chi connectivity index (χ0v) is 14.1. The normalized spacial score (nSPS) is 28.2. The first kappa shape index (κ1) is 15.4. The molecule has 1 aliphatic carbocycles. The third-order valence-corrected chi connectivity index (χ3v) is 5.84. The summed E-state index contributed by atoms with van der Waals surface area (Å²) < 4.78 is 6.44. The smallest absolute Gasteiger partial charge is 0.139 e. The van der Waals surface area contributed by atoms with Crippen molar-refractivity contribution in [3.05, 3.63) is 22.3 Å². The van der Waals surface area contributed by atoms with Crippen molar-refractivity contribution in [2.75, 3.05) is 0 Å². The van der Waals surface area contributed by atoms with Crippen LogP contribution in [0.5, 0.6) is 11.5 Å². The molecule has 2 unspecified atom stereocenters. The topological polar surface area (TPSA) is 46.5 Å². The lowest BCUT2D eigenvalue weighted by Gasteiger charge is -2.43. The van der Waals surface area contributed by atoms with Gasteiger partial charge < -0.3 is 9.84 Å². The number of phenolic OH excluding ortho intramolecular Hbond substituents is 1. The molecule has 1 saturated carbocycles. The molecule has 1 fully saturated rings. The van der Waals surface area contributed by atoms with Gasteiger partial charge in [-0.05, 0) is 70.1 Å². The van der Waals surface area contributed by atoms with Crippen LogP contribution in [-0.4, -0.2) is 16.5 Å². The Hall–Kier alpha value is -1.51. The van der Waals surface area contributed by atoms with Gasteiger partial charge in [0.1, 0.15) is 22.9 Å². The number of carbonyl (C=O) groups is 1. The lowest BCUT2D eigenvalue weighted by Crippen LogP contribution is -2.48. The van der Waals surface area contributed by atoms with Gasteiger partial charge >= 0.3 is 0 Å². The van der Waals surface area contributed by atoms with Crippen molar-refractivity contribution >= 4 is 5.78 Å². The second kappa shape index (κ2) is 5.29. The summed E-state index contributed by atoms with van der Waals surface area (Å²) >= 11 is 0. The van der Waals surface area contributed by atoms with Gasteiger partial charge in [0, 0.05) is 12.0 Å². The van der Waals surface area contributed by atoms with Gasteiger partial charge in [-0.25, -0.2) is 0 Å². The van der Waals surface area contributed by atoms with Crippen molar-refractivity contribution < 1.29 is 14.6 Å². The van der Waals surface area contributed by atoms with Crippen LogP contribution < -0.4 is 4.74 Å². The number of fused-ring (bicyclic) bond motifs is 1. The molecule has 2 aliphatic rings. The van der Waals surface area contributed by atoms with Crippen LogP contribution >= 0.6 is 0 Å². The standard InChI is InChI=1S/C19H26O3/c1-11-12(2)18-14(13(3)17(11)21)9-10-19(4,22-18)15-7-5-6-8-16(15)20/h15,21H,5-10H2,1-4H3. The molecule has 1 N–H and O–H groups in total. The fourth-order valence-electron chi connectivity index (χ4n) is 4.14. The Labute approximate surface area is 132 Å². The predicted molar refractivity (Wildman–Crippen MR) is 86.6 cm³/mol. The van der Waals surface area contributed by atoms with Crippen LogP contribution in [0, 0.1) is 26.7 Å². The van der Waals surface area contributed by atoms with E-state index in [9.17, 15) is 9.90 Å². The van der Waals surface area contributed by atoms with Crippen molar-refractivity contribution in [1.82, 2.24) is 0 Å². The molecule has 1 aromatic carbocycles. The second-order valence-electron chi connectivity index (χ2n) is 7.21. The number of ketones is 1. The summed E-state index contributed by atoms with van der Waals surface area (Å²) in [7, 11) is 0. The van der Waals surface area contributed by atoms with E-state index in [0.29, 0.717) is 18.0 Å². The van der Waals surface area contributed by atoms with E-state index in [2.05, 4.69) is 6.92 Å². The van der Waals surface area contributed by atoms with Crippen LogP contribution in [0.3, 0.4) is 0 Å². The Morgan fingerprint density at radius 2 is 1.82 bits per heavy atom. The highest BCUT2D eigenvalue weighted by Crippen LogP contribution is 2.46. The molecular formula is C19H26O3. The third-order valence-electron chi connectivity index (χ3n) is 5.84. The monoisotopic (exact) mass is 302 g/mol. The third kappa shape index (κ3) is 2.22. The highest BCUT2D eigenvalue weighted by Gasteiger charge is 2.44. The van der Waals surface area contributed by atoms with Crippen molar-refractivity contribution in [2.45, 2.75) is 71.8 Å². The Balaban J connectivity index is 2.01. The van der Waals surface area contributed by atoms with Gasteiger partial charge in [0.15, 0.2) is 0 Å². The molecule has 2 atom stereocenters. The summed E-state index contributed by atoms with van der Waals surface area (Å²) in [5.74, 6) is 1.67. The average molecular weight is 302 g/mol. The molecule has 0 aromatic heterocycles. The minimum Gasteiger partial charge on any atom is -0.507 e. The van der Waals surface area contributed by atoms with E-state index in [4.69, 9.17) is 4.74 Å². The van der Waals surface area contributed by atoms with Gasteiger partial charge in [0.2, 0.25) is 0 Å². The lowest BCUT2D eigenvalue weighted by atomic mass is 9.72. The summed E-state index contributed by atoms with van der Waals surface area (Å²) in [4.78, 5) is 12.4. The molecule has 3 nitrogen and oxygen atoms in total. The van der Waals surface area contributed by atoms with Crippen LogP contribution in [0.1, 0.15) is 61.3 Å². The number of carbonyl (C=O) groups excluding carboxylic acids is 1. The maximum absolute atomic E-state index is 12.4. The number of phenols is 1. The first-order valence-corrected chi connectivity index (χ1v) is 8.38. The van der Waals surface area contributed by atoms with Gasteiger partial charge in [-0.3, -0.25) is 4.79 Å². The fraction of sp³-hybridized carbons (Fsp3) is 0.632. The quantitative estimate of drug-likeness (QED) is 0.847.